The first-order chi connectivity index (χ1) is 17.0. The van der Waals surface area contributed by atoms with Crippen molar-refractivity contribution in [3.8, 4) is 11.5 Å². The van der Waals surface area contributed by atoms with Crippen LogP contribution in [0.15, 0.2) is 35.2 Å². The van der Waals surface area contributed by atoms with Gasteiger partial charge in [0, 0.05) is 5.41 Å². The molecular weight excluding hydrogens is 502 g/mol. The lowest BCUT2D eigenvalue weighted by Gasteiger charge is -2.50. The average molecular weight is 534 g/mol. The van der Waals surface area contributed by atoms with Gasteiger partial charge in [0.1, 0.15) is 11.0 Å². The third-order valence-corrected chi connectivity index (χ3v) is 10.1. The minimum absolute atomic E-state index is 0.0290. The summed E-state index contributed by atoms with van der Waals surface area (Å²) in [6, 6.07) is 7.91. The highest BCUT2D eigenvalue weighted by molar-refractivity contribution is 7.89. The number of phenols is 1. The Bertz CT molecular complexity index is 1310. The number of halogens is 1. The molecule has 5 rings (SSSR count). The van der Waals surface area contributed by atoms with Crippen LogP contribution in [0.1, 0.15) is 73.4 Å². The summed E-state index contributed by atoms with van der Waals surface area (Å²) in [7, 11) is -4.06. The Morgan fingerprint density at radius 3 is 2.69 bits per heavy atom. The number of carbonyl (C=O) groups is 1. The number of carbonyl (C=O) groups excluding carboxylic acids is 1. The Labute approximate surface area is 217 Å². The molecule has 0 aromatic heterocycles. The van der Waals surface area contributed by atoms with Gasteiger partial charge in [-0.05, 0) is 105 Å². The van der Waals surface area contributed by atoms with Crippen molar-refractivity contribution in [1.82, 2.24) is 0 Å². The Kier molecular flexibility index (Phi) is 6.50. The van der Waals surface area contributed by atoms with E-state index >= 15 is 0 Å². The predicted molar refractivity (Wildman–Crippen MR) is 136 cm³/mol. The van der Waals surface area contributed by atoms with E-state index in [2.05, 4.69) is 6.92 Å². The molecule has 0 heterocycles. The summed E-state index contributed by atoms with van der Waals surface area (Å²) in [6.07, 6.45) is 5.36. The first-order valence-electron chi connectivity index (χ1n) is 12.5. The summed E-state index contributed by atoms with van der Waals surface area (Å²) in [5.41, 5.74) is 2.46. The highest BCUT2D eigenvalue weighted by atomic mass is 35.5. The third-order valence-electron chi connectivity index (χ3n) is 8.74. The molecule has 3 N–H and O–H groups in total. The van der Waals surface area contributed by atoms with E-state index in [1.165, 1.54) is 29.3 Å². The van der Waals surface area contributed by atoms with Gasteiger partial charge in [-0.3, -0.25) is 0 Å². The number of primary sulfonamides is 1. The van der Waals surface area contributed by atoms with Crippen molar-refractivity contribution in [2.75, 3.05) is 6.61 Å². The zero-order chi connectivity index (χ0) is 25.8. The van der Waals surface area contributed by atoms with Crippen molar-refractivity contribution in [1.29, 1.82) is 0 Å². The molecule has 7 nitrogen and oxygen atoms in total. The molecule has 36 heavy (non-hydrogen) atoms. The molecular formula is C27H32ClNO6S. The summed E-state index contributed by atoms with van der Waals surface area (Å²) in [4.78, 5) is 12.8. The van der Waals surface area contributed by atoms with Crippen LogP contribution >= 0.6 is 11.6 Å². The summed E-state index contributed by atoms with van der Waals surface area (Å²) in [5.74, 6) is 1.48. The molecule has 0 saturated heterocycles. The van der Waals surface area contributed by atoms with Crippen molar-refractivity contribution in [2.45, 2.75) is 69.3 Å². The van der Waals surface area contributed by atoms with Gasteiger partial charge in [0.25, 0.3) is 0 Å². The Hall–Kier alpha value is -2.29. The molecule has 0 spiro atoms. The van der Waals surface area contributed by atoms with Gasteiger partial charge in [0.2, 0.25) is 10.0 Å². The number of esters is 1. The Morgan fingerprint density at radius 2 is 1.97 bits per heavy atom. The number of hydrogen-bond acceptors (Lipinski definition) is 6. The monoisotopic (exact) mass is 533 g/mol. The molecule has 5 atom stereocenters. The van der Waals surface area contributed by atoms with E-state index in [0.717, 1.165) is 38.5 Å². The maximum Gasteiger partial charge on any atom is 0.338 e. The van der Waals surface area contributed by atoms with Crippen LogP contribution in [0.5, 0.6) is 11.5 Å². The fourth-order valence-electron chi connectivity index (χ4n) is 7.05. The second-order valence-corrected chi connectivity index (χ2v) is 12.5. The first-order valence-corrected chi connectivity index (χ1v) is 14.5. The summed E-state index contributed by atoms with van der Waals surface area (Å²) in [5, 5.41) is 15.6. The van der Waals surface area contributed by atoms with Crippen LogP contribution in [-0.2, 0) is 21.2 Å². The van der Waals surface area contributed by atoms with Gasteiger partial charge in [0.15, 0.2) is 11.5 Å². The van der Waals surface area contributed by atoms with Crippen molar-refractivity contribution in [3.05, 3.63) is 52.0 Å². The topological polar surface area (TPSA) is 116 Å². The summed E-state index contributed by atoms with van der Waals surface area (Å²) in [6.45, 7) is 4.64. The van der Waals surface area contributed by atoms with Gasteiger partial charge < -0.3 is 14.6 Å². The van der Waals surface area contributed by atoms with Crippen LogP contribution in [0, 0.1) is 17.3 Å². The molecule has 2 saturated carbocycles. The van der Waals surface area contributed by atoms with E-state index in [9.17, 15) is 18.3 Å². The van der Waals surface area contributed by atoms with Crippen LogP contribution in [0.2, 0.25) is 5.02 Å². The lowest BCUT2D eigenvalue weighted by Crippen LogP contribution is -2.45. The predicted octanol–water partition coefficient (Wildman–Crippen LogP) is 5.17. The van der Waals surface area contributed by atoms with Gasteiger partial charge in [-0.15, -0.1) is 0 Å². The minimum Gasteiger partial charge on any atom is -0.504 e. The third kappa shape index (κ3) is 4.27. The van der Waals surface area contributed by atoms with Crippen molar-refractivity contribution >= 4 is 27.6 Å². The van der Waals surface area contributed by atoms with Crippen LogP contribution in [0.25, 0.3) is 0 Å². The van der Waals surface area contributed by atoms with Crippen LogP contribution in [0.4, 0.5) is 0 Å². The second-order valence-electron chi connectivity index (χ2n) is 10.6. The maximum absolute atomic E-state index is 13.0. The number of aryl methyl sites for hydroxylation is 1. The number of nitrogens with two attached hydrogens (primary N) is 1. The number of aromatic hydroxyl groups is 1. The molecule has 0 amide bonds. The molecule has 2 fully saturated rings. The molecule has 9 heteroatoms. The van der Waals surface area contributed by atoms with Crippen molar-refractivity contribution in [3.63, 3.8) is 0 Å². The minimum atomic E-state index is -4.06. The number of fused-ring (bicyclic) bond motifs is 5. The SMILES string of the molecule is CCOc1cc2c(cc1O)CCC1C2CC[C@@]2(C)C1CC[C@@H]2OC(=O)c1ccc(Cl)c(S(N)(=O)=O)c1. The highest BCUT2D eigenvalue weighted by Crippen LogP contribution is 2.62. The smallest absolute Gasteiger partial charge is 0.338 e. The van der Waals surface area contributed by atoms with E-state index in [-0.39, 0.29) is 32.8 Å². The molecule has 2 aromatic rings. The maximum atomic E-state index is 13.0. The quantitative estimate of drug-likeness (QED) is 0.512. The first kappa shape index (κ1) is 25.4. The van der Waals surface area contributed by atoms with E-state index in [1.54, 1.807) is 0 Å². The van der Waals surface area contributed by atoms with Crippen LogP contribution in [0.3, 0.4) is 0 Å². The number of rotatable bonds is 5. The lowest BCUT2D eigenvalue weighted by molar-refractivity contribution is -0.0428. The number of phenolic OH excluding ortho intramolecular Hbond substituents is 1. The van der Waals surface area contributed by atoms with Gasteiger partial charge in [-0.25, -0.2) is 18.4 Å². The van der Waals surface area contributed by atoms with E-state index in [1.807, 2.05) is 19.1 Å². The lowest BCUT2D eigenvalue weighted by atomic mass is 9.55. The van der Waals surface area contributed by atoms with Crippen molar-refractivity contribution < 1.29 is 27.8 Å². The summed E-state index contributed by atoms with van der Waals surface area (Å²) < 4.78 is 35.3. The van der Waals surface area contributed by atoms with E-state index in [4.69, 9.17) is 26.2 Å². The molecule has 194 valence electrons. The van der Waals surface area contributed by atoms with Gasteiger partial charge in [-0.2, -0.15) is 0 Å². The van der Waals surface area contributed by atoms with Crippen molar-refractivity contribution in [2.24, 2.45) is 22.4 Å². The number of hydrogen-bond donors (Lipinski definition) is 2. The normalized spacial score (nSPS) is 29.1. The zero-order valence-electron chi connectivity index (χ0n) is 20.5. The molecule has 2 aromatic carbocycles. The second kappa shape index (κ2) is 9.23. The number of sulfonamides is 1. The van der Waals surface area contributed by atoms with Gasteiger partial charge in [-0.1, -0.05) is 18.5 Å². The molecule has 0 aliphatic heterocycles. The largest absolute Gasteiger partial charge is 0.504 e. The fraction of sp³-hybridized carbons (Fsp3) is 0.519. The number of benzene rings is 2. The molecule has 3 aliphatic rings. The average Bonchev–Trinajstić information content (AvgIpc) is 3.15. The Balaban J connectivity index is 1.36. The molecule has 3 unspecified atom stereocenters. The molecule has 0 bridgehead atoms. The Morgan fingerprint density at radius 1 is 1.19 bits per heavy atom. The van der Waals surface area contributed by atoms with Gasteiger partial charge >= 0.3 is 5.97 Å². The zero-order valence-corrected chi connectivity index (χ0v) is 22.1. The molecule has 0 radical (unpaired) electrons. The number of ether oxygens (including phenoxy) is 2. The standard InChI is InChI=1S/C27H32ClNO6S/c1-3-34-23-14-19-15(12-22(23)30)4-6-18-17(19)10-11-27(2)20(18)7-9-25(27)35-26(31)16-5-8-21(28)24(13-16)36(29,32)33/h5,8,12-14,17-18,20,25,30H,3-4,6-7,9-11H2,1-2H3,(H2,29,32,33)/t17?,18?,20?,25-,27-/m0/s1. The molecule has 3 aliphatic carbocycles. The fourth-order valence-corrected chi connectivity index (χ4v) is 8.12. The van der Waals surface area contributed by atoms with E-state index < -0.39 is 16.0 Å². The van der Waals surface area contributed by atoms with Crippen LogP contribution < -0.4 is 9.88 Å². The van der Waals surface area contributed by atoms with Crippen LogP contribution in [-0.4, -0.2) is 32.2 Å². The summed E-state index contributed by atoms with van der Waals surface area (Å²) >= 11 is 5.97. The van der Waals surface area contributed by atoms with E-state index in [0.29, 0.717) is 30.1 Å². The van der Waals surface area contributed by atoms with Gasteiger partial charge in [0.05, 0.1) is 17.2 Å². The highest BCUT2D eigenvalue weighted by Gasteiger charge is 2.56.